The van der Waals surface area contributed by atoms with Crippen LogP contribution in [0.5, 0.6) is 0 Å². The zero-order valence-electron chi connectivity index (χ0n) is 17.3. The predicted octanol–water partition coefficient (Wildman–Crippen LogP) is 2.57. The Labute approximate surface area is 171 Å². The van der Waals surface area contributed by atoms with Crippen LogP contribution >= 0.6 is 0 Å². The lowest BCUT2D eigenvalue weighted by molar-refractivity contribution is 0.0955. The summed E-state index contributed by atoms with van der Waals surface area (Å²) >= 11 is 0. The summed E-state index contributed by atoms with van der Waals surface area (Å²) in [6.45, 7) is 7.84. The predicted molar refractivity (Wildman–Crippen MR) is 117 cm³/mol. The van der Waals surface area contributed by atoms with Crippen molar-refractivity contribution in [3.63, 3.8) is 0 Å². The molecule has 0 bridgehead atoms. The number of carbonyl (C=O) groups excluding carboxylic acids is 1. The summed E-state index contributed by atoms with van der Waals surface area (Å²) in [5.74, 6) is 1.45. The lowest BCUT2D eigenvalue weighted by Crippen LogP contribution is -2.46. The van der Waals surface area contributed by atoms with E-state index in [2.05, 4.69) is 16.0 Å². The summed E-state index contributed by atoms with van der Waals surface area (Å²) in [6.07, 6.45) is 4.16. The Kier molecular flexibility index (Phi) is 9.47. The standard InChI is InChI=1S/C21H34N4O2S/c1-4-22-20(26)17-10-7-9-16(13-17)15-24-21(23-5-2)25-18-11-8-12-19(14-18)28(27)6-3/h7,9-10,13,18-19H,4-6,8,11-12,14-15H2,1-3H3,(H,22,26)(H2,23,24,25). The first kappa shape index (κ1) is 22.4. The maximum absolute atomic E-state index is 12.2. The molecule has 1 aliphatic carbocycles. The SMILES string of the molecule is CCNC(=O)c1cccc(CN=C(NCC)NC2CCCC(S(=O)CC)C2)c1. The fourth-order valence-corrected chi connectivity index (χ4v) is 4.86. The molecule has 0 heterocycles. The van der Waals surface area contributed by atoms with Gasteiger partial charge in [-0.25, -0.2) is 4.99 Å². The topological polar surface area (TPSA) is 82.6 Å². The van der Waals surface area contributed by atoms with E-state index in [9.17, 15) is 9.00 Å². The third-order valence-electron chi connectivity index (χ3n) is 4.91. The van der Waals surface area contributed by atoms with E-state index in [-0.39, 0.29) is 11.2 Å². The van der Waals surface area contributed by atoms with Gasteiger partial charge in [-0.15, -0.1) is 0 Å². The van der Waals surface area contributed by atoms with Gasteiger partial charge in [-0.05, 0) is 50.8 Å². The quantitative estimate of drug-likeness (QED) is 0.458. The van der Waals surface area contributed by atoms with Gasteiger partial charge in [0.05, 0.1) is 6.54 Å². The van der Waals surface area contributed by atoms with Crippen LogP contribution in [0.4, 0.5) is 0 Å². The molecule has 6 nitrogen and oxygen atoms in total. The van der Waals surface area contributed by atoms with Gasteiger partial charge in [-0.1, -0.05) is 25.5 Å². The number of aliphatic imine (C=N–C) groups is 1. The van der Waals surface area contributed by atoms with Crippen LogP contribution < -0.4 is 16.0 Å². The number of carbonyl (C=O) groups is 1. The van der Waals surface area contributed by atoms with Crippen molar-refractivity contribution in [3.05, 3.63) is 35.4 Å². The number of rotatable bonds is 8. The highest BCUT2D eigenvalue weighted by Gasteiger charge is 2.26. The molecule has 3 N–H and O–H groups in total. The minimum absolute atomic E-state index is 0.0597. The van der Waals surface area contributed by atoms with Crippen LogP contribution in [0.15, 0.2) is 29.3 Å². The van der Waals surface area contributed by atoms with E-state index in [0.717, 1.165) is 49.5 Å². The minimum Gasteiger partial charge on any atom is -0.357 e. The number of guanidine groups is 1. The molecule has 0 saturated heterocycles. The summed E-state index contributed by atoms with van der Waals surface area (Å²) in [5, 5.41) is 9.93. The van der Waals surface area contributed by atoms with Crippen LogP contribution in [-0.4, -0.2) is 46.2 Å². The molecule has 2 rings (SSSR count). The zero-order valence-corrected chi connectivity index (χ0v) is 18.1. The number of nitrogens with zero attached hydrogens (tertiary/aromatic N) is 1. The Morgan fingerprint density at radius 3 is 2.68 bits per heavy atom. The molecule has 1 amide bonds. The molecule has 1 aliphatic rings. The Morgan fingerprint density at radius 2 is 1.96 bits per heavy atom. The maximum Gasteiger partial charge on any atom is 0.251 e. The number of hydrogen-bond donors (Lipinski definition) is 3. The van der Waals surface area contributed by atoms with Gasteiger partial charge in [0.15, 0.2) is 5.96 Å². The summed E-state index contributed by atoms with van der Waals surface area (Å²) in [4.78, 5) is 16.7. The third kappa shape index (κ3) is 6.93. The van der Waals surface area contributed by atoms with Gasteiger partial charge in [-0.3, -0.25) is 9.00 Å². The first-order chi connectivity index (χ1) is 13.6. The molecule has 7 heteroatoms. The van der Waals surface area contributed by atoms with Gasteiger partial charge in [0.1, 0.15) is 0 Å². The minimum atomic E-state index is -0.733. The molecule has 3 atom stereocenters. The molecular formula is C21H34N4O2S. The molecule has 1 aromatic rings. The lowest BCUT2D eigenvalue weighted by Gasteiger charge is -2.30. The van der Waals surface area contributed by atoms with Gasteiger partial charge in [-0.2, -0.15) is 0 Å². The second kappa shape index (κ2) is 11.8. The molecule has 1 saturated carbocycles. The number of amides is 1. The first-order valence-electron chi connectivity index (χ1n) is 10.4. The van der Waals surface area contributed by atoms with Crippen molar-refractivity contribution in [2.24, 2.45) is 4.99 Å². The van der Waals surface area contributed by atoms with Crippen molar-refractivity contribution in [1.29, 1.82) is 0 Å². The fraction of sp³-hybridized carbons (Fsp3) is 0.619. The lowest BCUT2D eigenvalue weighted by atomic mass is 9.95. The molecule has 156 valence electrons. The highest BCUT2D eigenvalue weighted by atomic mass is 32.2. The van der Waals surface area contributed by atoms with E-state index in [1.165, 1.54) is 0 Å². The fourth-order valence-electron chi connectivity index (χ4n) is 3.51. The molecule has 1 fully saturated rings. The summed E-state index contributed by atoms with van der Waals surface area (Å²) in [7, 11) is -0.733. The van der Waals surface area contributed by atoms with E-state index < -0.39 is 10.8 Å². The van der Waals surface area contributed by atoms with Crippen molar-refractivity contribution in [2.45, 2.75) is 64.3 Å². The molecule has 0 aromatic heterocycles. The maximum atomic E-state index is 12.2. The molecule has 0 spiro atoms. The van der Waals surface area contributed by atoms with E-state index in [1.54, 1.807) is 0 Å². The Bertz CT molecular complexity index is 693. The third-order valence-corrected chi connectivity index (χ3v) is 6.65. The van der Waals surface area contributed by atoms with Crippen LogP contribution in [-0.2, 0) is 17.3 Å². The van der Waals surface area contributed by atoms with Gasteiger partial charge < -0.3 is 16.0 Å². The van der Waals surface area contributed by atoms with Gasteiger partial charge in [0.2, 0.25) is 0 Å². The van der Waals surface area contributed by atoms with Crippen molar-refractivity contribution in [3.8, 4) is 0 Å². The van der Waals surface area contributed by atoms with Crippen LogP contribution in [0, 0.1) is 0 Å². The van der Waals surface area contributed by atoms with Crippen LogP contribution in [0.25, 0.3) is 0 Å². The van der Waals surface area contributed by atoms with Gasteiger partial charge >= 0.3 is 0 Å². The van der Waals surface area contributed by atoms with Crippen molar-refractivity contribution in [2.75, 3.05) is 18.8 Å². The Balaban J connectivity index is 2.01. The van der Waals surface area contributed by atoms with Crippen LogP contribution in [0.2, 0.25) is 0 Å². The van der Waals surface area contributed by atoms with Crippen LogP contribution in [0.3, 0.4) is 0 Å². The smallest absolute Gasteiger partial charge is 0.251 e. The molecular weight excluding hydrogens is 372 g/mol. The normalized spacial score (nSPS) is 21.0. The average Bonchev–Trinajstić information content (AvgIpc) is 2.72. The molecule has 0 aliphatic heterocycles. The largest absolute Gasteiger partial charge is 0.357 e. The highest BCUT2D eigenvalue weighted by Crippen LogP contribution is 2.23. The molecule has 1 aromatic carbocycles. The van der Waals surface area contributed by atoms with Crippen molar-refractivity contribution < 1.29 is 9.00 Å². The van der Waals surface area contributed by atoms with E-state index >= 15 is 0 Å². The number of benzene rings is 1. The summed E-state index contributed by atoms with van der Waals surface area (Å²) in [5.41, 5.74) is 1.65. The highest BCUT2D eigenvalue weighted by molar-refractivity contribution is 7.85. The Morgan fingerprint density at radius 1 is 1.18 bits per heavy atom. The monoisotopic (exact) mass is 406 g/mol. The van der Waals surface area contributed by atoms with Crippen molar-refractivity contribution >= 4 is 22.7 Å². The second-order valence-electron chi connectivity index (χ2n) is 7.05. The number of hydrogen-bond acceptors (Lipinski definition) is 3. The van der Waals surface area contributed by atoms with Gasteiger partial charge in [0.25, 0.3) is 5.91 Å². The van der Waals surface area contributed by atoms with E-state index in [4.69, 9.17) is 4.99 Å². The first-order valence-corrected chi connectivity index (χ1v) is 11.7. The molecule has 28 heavy (non-hydrogen) atoms. The van der Waals surface area contributed by atoms with E-state index in [1.807, 2.05) is 45.0 Å². The summed E-state index contributed by atoms with van der Waals surface area (Å²) in [6, 6.07) is 7.88. The Hall–Kier alpha value is -1.89. The zero-order chi connectivity index (χ0) is 20.4. The second-order valence-corrected chi connectivity index (χ2v) is 9.06. The number of nitrogens with one attached hydrogen (secondary N) is 3. The molecule has 3 unspecified atom stereocenters. The van der Waals surface area contributed by atoms with Gasteiger partial charge in [0, 0.05) is 46.5 Å². The van der Waals surface area contributed by atoms with Crippen molar-refractivity contribution in [1.82, 2.24) is 16.0 Å². The van der Waals surface area contributed by atoms with E-state index in [0.29, 0.717) is 24.7 Å². The summed E-state index contributed by atoms with van der Waals surface area (Å²) < 4.78 is 12.2. The average molecular weight is 407 g/mol. The molecule has 0 radical (unpaired) electrons. The van der Waals surface area contributed by atoms with Crippen LogP contribution in [0.1, 0.15) is 62.4 Å².